The molecule has 2 rings (SSSR count). The molecule has 1 aliphatic rings. The molecule has 0 saturated heterocycles. The largest absolute Gasteiger partial charge is 0.465 e. The number of hydrogen-bond acceptors (Lipinski definition) is 4. The Bertz CT molecular complexity index is 451. The Morgan fingerprint density at radius 3 is 2.76 bits per heavy atom. The van der Waals surface area contributed by atoms with Crippen molar-refractivity contribution in [2.75, 3.05) is 13.7 Å². The molecule has 1 aromatic rings. The summed E-state index contributed by atoms with van der Waals surface area (Å²) in [5, 5.41) is 4.16. The SMILES string of the molecule is COC(=O)c1cnn(C)c1[C@H]1[C@H](CN)C1(C)C. The predicted octanol–water partition coefficient (Wildman–Crippen LogP) is 0.905. The van der Waals surface area contributed by atoms with Crippen LogP contribution in [0.1, 0.15) is 35.8 Å². The number of aromatic nitrogens is 2. The number of rotatable bonds is 3. The Labute approximate surface area is 101 Å². The quantitative estimate of drug-likeness (QED) is 0.793. The molecule has 94 valence electrons. The summed E-state index contributed by atoms with van der Waals surface area (Å²) in [5.41, 5.74) is 7.40. The first-order valence-corrected chi connectivity index (χ1v) is 5.75. The summed E-state index contributed by atoms with van der Waals surface area (Å²) in [4.78, 5) is 11.7. The van der Waals surface area contributed by atoms with Crippen LogP contribution in [0.2, 0.25) is 0 Å². The molecule has 0 unspecified atom stereocenters. The highest BCUT2D eigenvalue weighted by Crippen LogP contribution is 2.64. The summed E-state index contributed by atoms with van der Waals surface area (Å²) in [5.74, 6) is 0.363. The molecule has 0 radical (unpaired) electrons. The normalized spacial score (nSPS) is 25.7. The number of hydrogen-bond donors (Lipinski definition) is 1. The molecule has 1 fully saturated rings. The lowest BCUT2D eigenvalue weighted by Gasteiger charge is -2.06. The van der Waals surface area contributed by atoms with Gasteiger partial charge in [0, 0.05) is 13.0 Å². The molecule has 0 spiro atoms. The van der Waals surface area contributed by atoms with Gasteiger partial charge in [0.05, 0.1) is 19.0 Å². The fourth-order valence-corrected chi connectivity index (χ4v) is 2.81. The minimum atomic E-state index is -0.327. The third-order valence-corrected chi connectivity index (χ3v) is 3.99. The van der Waals surface area contributed by atoms with E-state index in [0.717, 1.165) is 5.69 Å². The van der Waals surface area contributed by atoms with E-state index in [0.29, 0.717) is 18.0 Å². The zero-order valence-electron chi connectivity index (χ0n) is 10.7. The zero-order valence-corrected chi connectivity index (χ0v) is 10.7. The molecule has 1 aliphatic carbocycles. The molecule has 1 saturated carbocycles. The smallest absolute Gasteiger partial charge is 0.341 e. The molecule has 0 aromatic carbocycles. The second kappa shape index (κ2) is 3.84. The molecular weight excluding hydrogens is 218 g/mol. The molecule has 2 N–H and O–H groups in total. The van der Waals surface area contributed by atoms with Gasteiger partial charge in [0.25, 0.3) is 0 Å². The van der Waals surface area contributed by atoms with Crippen LogP contribution in [0.25, 0.3) is 0 Å². The molecule has 1 aromatic heterocycles. The van der Waals surface area contributed by atoms with Gasteiger partial charge in [-0.25, -0.2) is 4.79 Å². The number of esters is 1. The fourth-order valence-electron chi connectivity index (χ4n) is 2.81. The average molecular weight is 237 g/mol. The van der Waals surface area contributed by atoms with E-state index >= 15 is 0 Å². The van der Waals surface area contributed by atoms with Crippen molar-refractivity contribution >= 4 is 5.97 Å². The van der Waals surface area contributed by atoms with Crippen molar-refractivity contribution < 1.29 is 9.53 Å². The van der Waals surface area contributed by atoms with Crippen LogP contribution in [0.3, 0.4) is 0 Å². The van der Waals surface area contributed by atoms with Crippen LogP contribution in [-0.4, -0.2) is 29.4 Å². The fraction of sp³-hybridized carbons (Fsp3) is 0.667. The van der Waals surface area contributed by atoms with E-state index in [1.807, 2.05) is 7.05 Å². The van der Waals surface area contributed by atoms with Crippen LogP contribution in [0.4, 0.5) is 0 Å². The van der Waals surface area contributed by atoms with Gasteiger partial charge in [-0.3, -0.25) is 4.68 Å². The summed E-state index contributed by atoms with van der Waals surface area (Å²) >= 11 is 0. The molecule has 0 bridgehead atoms. The first-order chi connectivity index (χ1) is 7.95. The van der Waals surface area contributed by atoms with E-state index in [1.54, 1.807) is 10.9 Å². The summed E-state index contributed by atoms with van der Waals surface area (Å²) in [7, 11) is 3.24. The maximum absolute atomic E-state index is 11.7. The van der Waals surface area contributed by atoms with E-state index in [9.17, 15) is 4.79 Å². The number of nitrogens with two attached hydrogens (primary N) is 1. The first-order valence-electron chi connectivity index (χ1n) is 5.75. The van der Waals surface area contributed by atoms with Gasteiger partial charge in [0.15, 0.2) is 0 Å². The second-order valence-electron chi connectivity index (χ2n) is 5.20. The first kappa shape index (κ1) is 12.1. The Morgan fingerprint density at radius 2 is 2.29 bits per heavy atom. The van der Waals surface area contributed by atoms with Crippen LogP contribution < -0.4 is 5.73 Å². The van der Waals surface area contributed by atoms with Gasteiger partial charge in [-0.1, -0.05) is 13.8 Å². The van der Waals surface area contributed by atoms with Crippen molar-refractivity contribution in [3.05, 3.63) is 17.5 Å². The Kier molecular flexibility index (Phi) is 2.73. The topological polar surface area (TPSA) is 70.1 Å². The molecule has 0 amide bonds. The Hall–Kier alpha value is -1.36. The summed E-state index contributed by atoms with van der Waals surface area (Å²) in [6.45, 7) is 4.97. The summed E-state index contributed by atoms with van der Waals surface area (Å²) < 4.78 is 6.54. The molecular formula is C12H19N3O2. The molecule has 0 aliphatic heterocycles. The van der Waals surface area contributed by atoms with Crippen molar-refractivity contribution in [3.63, 3.8) is 0 Å². The predicted molar refractivity (Wildman–Crippen MR) is 63.6 cm³/mol. The van der Waals surface area contributed by atoms with Crippen molar-refractivity contribution in [2.45, 2.75) is 19.8 Å². The minimum absolute atomic E-state index is 0.130. The maximum atomic E-state index is 11.7. The third-order valence-electron chi connectivity index (χ3n) is 3.99. The monoisotopic (exact) mass is 237 g/mol. The standard InChI is InChI=1S/C12H19N3O2/c1-12(2)8(5-13)9(12)10-7(11(16)17-4)6-14-15(10)3/h6,8-9H,5,13H2,1-4H3/t8-,9+/m0/s1. The third kappa shape index (κ3) is 1.65. The van der Waals surface area contributed by atoms with Gasteiger partial charge in [0.2, 0.25) is 0 Å². The van der Waals surface area contributed by atoms with E-state index in [4.69, 9.17) is 10.5 Å². The Morgan fingerprint density at radius 1 is 1.65 bits per heavy atom. The number of nitrogens with zero attached hydrogens (tertiary/aromatic N) is 2. The van der Waals surface area contributed by atoms with Crippen molar-refractivity contribution in [1.29, 1.82) is 0 Å². The zero-order chi connectivity index (χ0) is 12.8. The van der Waals surface area contributed by atoms with Gasteiger partial charge in [-0.15, -0.1) is 0 Å². The Balaban J connectivity index is 2.40. The van der Waals surface area contributed by atoms with Crippen molar-refractivity contribution in [3.8, 4) is 0 Å². The van der Waals surface area contributed by atoms with Gasteiger partial charge in [-0.05, 0) is 17.9 Å². The maximum Gasteiger partial charge on any atom is 0.341 e. The van der Waals surface area contributed by atoms with Gasteiger partial charge in [0.1, 0.15) is 5.56 Å². The van der Waals surface area contributed by atoms with E-state index in [1.165, 1.54) is 7.11 Å². The highest BCUT2D eigenvalue weighted by molar-refractivity contribution is 5.90. The van der Waals surface area contributed by atoms with Gasteiger partial charge >= 0.3 is 5.97 Å². The van der Waals surface area contributed by atoms with Crippen LogP contribution >= 0.6 is 0 Å². The number of carbonyl (C=O) groups is 1. The number of methoxy groups -OCH3 is 1. The number of carbonyl (C=O) groups excluding carboxylic acids is 1. The average Bonchev–Trinajstić information content (AvgIpc) is 2.63. The van der Waals surface area contributed by atoms with Crippen LogP contribution in [-0.2, 0) is 11.8 Å². The van der Waals surface area contributed by atoms with Crippen molar-refractivity contribution in [1.82, 2.24) is 9.78 Å². The number of ether oxygens (including phenoxy) is 1. The molecule has 5 heteroatoms. The van der Waals surface area contributed by atoms with E-state index in [-0.39, 0.29) is 17.3 Å². The van der Waals surface area contributed by atoms with Crippen LogP contribution in [0.5, 0.6) is 0 Å². The highest BCUT2D eigenvalue weighted by atomic mass is 16.5. The molecule has 5 nitrogen and oxygen atoms in total. The van der Waals surface area contributed by atoms with Crippen LogP contribution in [0.15, 0.2) is 6.20 Å². The molecule has 17 heavy (non-hydrogen) atoms. The summed E-state index contributed by atoms with van der Waals surface area (Å²) in [6, 6.07) is 0. The van der Waals surface area contributed by atoms with Crippen molar-refractivity contribution in [2.24, 2.45) is 24.1 Å². The number of aryl methyl sites for hydroxylation is 1. The lowest BCUT2D eigenvalue weighted by molar-refractivity contribution is 0.0599. The van der Waals surface area contributed by atoms with Crippen LogP contribution in [0, 0.1) is 11.3 Å². The highest BCUT2D eigenvalue weighted by Gasteiger charge is 2.59. The van der Waals surface area contributed by atoms with Gasteiger partial charge < -0.3 is 10.5 Å². The molecule has 2 atom stereocenters. The summed E-state index contributed by atoms with van der Waals surface area (Å²) in [6.07, 6.45) is 1.57. The van der Waals surface area contributed by atoms with Gasteiger partial charge in [-0.2, -0.15) is 5.10 Å². The second-order valence-corrected chi connectivity index (χ2v) is 5.20. The molecule has 1 heterocycles. The van der Waals surface area contributed by atoms with E-state index in [2.05, 4.69) is 18.9 Å². The van der Waals surface area contributed by atoms with E-state index < -0.39 is 0 Å². The minimum Gasteiger partial charge on any atom is -0.465 e. The lowest BCUT2D eigenvalue weighted by atomic mass is 10.0. The lowest BCUT2D eigenvalue weighted by Crippen LogP contribution is -2.09.